The fourth-order valence-electron chi connectivity index (χ4n) is 2.83. The number of carbonyl (C=O) groups is 2. The Hall–Kier alpha value is -2.96. The summed E-state index contributed by atoms with van der Waals surface area (Å²) >= 11 is 0. The Morgan fingerprint density at radius 1 is 1.15 bits per heavy atom. The number of hydrogen-bond acceptors (Lipinski definition) is 4. The van der Waals surface area contributed by atoms with E-state index in [1.807, 2.05) is 0 Å². The van der Waals surface area contributed by atoms with Gasteiger partial charge in [-0.2, -0.15) is 0 Å². The summed E-state index contributed by atoms with van der Waals surface area (Å²) in [6.07, 6.45) is 0. The first kappa shape index (κ1) is 18.8. The molecule has 1 aliphatic heterocycles. The summed E-state index contributed by atoms with van der Waals surface area (Å²) in [6, 6.07) is 9.14. The highest BCUT2D eigenvalue weighted by Crippen LogP contribution is 2.27. The van der Waals surface area contributed by atoms with Crippen LogP contribution in [0.3, 0.4) is 0 Å². The molecule has 0 spiro atoms. The molecule has 1 fully saturated rings. The van der Waals surface area contributed by atoms with Gasteiger partial charge in [0.15, 0.2) is 11.6 Å². The predicted molar refractivity (Wildman–Crippen MR) is 101 cm³/mol. The zero-order chi connectivity index (χ0) is 19.8. The minimum absolute atomic E-state index is 0.0193. The molecule has 142 valence electrons. The van der Waals surface area contributed by atoms with Crippen molar-refractivity contribution in [3.8, 4) is 0 Å². The maximum absolute atomic E-state index is 14.1. The van der Waals surface area contributed by atoms with Gasteiger partial charge >= 0.3 is 12.0 Å². The Kier molecular flexibility index (Phi) is 4.87. The second-order valence-electron chi connectivity index (χ2n) is 7.40. The number of carbonyl (C=O) groups excluding carboxylic acids is 2. The molecular weight excluding hydrogens is 349 g/mol. The normalized spacial score (nSPS) is 14.6. The lowest BCUT2D eigenvalue weighted by Gasteiger charge is -2.21. The molecule has 2 aromatic rings. The number of aryl methyl sites for hydroxylation is 1. The summed E-state index contributed by atoms with van der Waals surface area (Å²) in [5, 5.41) is 0. The van der Waals surface area contributed by atoms with Gasteiger partial charge in [0.25, 0.3) is 0 Å². The van der Waals surface area contributed by atoms with Crippen molar-refractivity contribution in [3.05, 3.63) is 53.5 Å². The van der Waals surface area contributed by atoms with E-state index in [0.717, 1.165) is 0 Å². The molecule has 3 rings (SSSR count). The van der Waals surface area contributed by atoms with E-state index in [2.05, 4.69) is 4.98 Å². The molecule has 0 bridgehead atoms. The molecule has 1 saturated heterocycles. The lowest BCUT2D eigenvalue weighted by atomic mass is 10.1. The van der Waals surface area contributed by atoms with Crippen LogP contribution >= 0.6 is 0 Å². The number of hydrogen-bond donors (Lipinski definition) is 0. The van der Waals surface area contributed by atoms with Crippen molar-refractivity contribution in [1.82, 2.24) is 4.98 Å². The zero-order valence-corrected chi connectivity index (χ0v) is 15.8. The number of anilines is 2. The van der Waals surface area contributed by atoms with Crippen LogP contribution in [-0.2, 0) is 4.74 Å². The molecule has 0 aliphatic carbocycles. The summed E-state index contributed by atoms with van der Waals surface area (Å²) < 4.78 is 19.5. The van der Waals surface area contributed by atoms with E-state index in [0.29, 0.717) is 30.0 Å². The van der Waals surface area contributed by atoms with Crippen LogP contribution in [0.1, 0.15) is 36.8 Å². The number of nitrogens with zero attached hydrogens (tertiary/aromatic N) is 3. The van der Waals surface area contributed by atoms with Crippen LogP contribution in [-0.4, -0.2) is 35.7 Å². The van der Waals surface area contributed by atoms with E-state index in [4.69, 9.17) is 4.74 Å². The molecule has 27 heavy (non-hydrogen) atoms. The predicted octanol–water partition coefficient (Wildman–Crippen LogP) is 3.93. The van der Waals surface area contributed by atoms with Crippen molar-refractivity contribution in [2.45, 2.75) is 33.3 Å². The Labute approximate surface area is 157 Å². The lowest BCUT2D eigenvalue weighted by molar-refractivity contribution is 0.00695. The molecule has 0 saturated carbocycles. The molecule has 1 aliphatic rings. The average Bonchev–Trinajstić information content (AvgIpc) is 2.97. The average molecular weight is 371 g/mol. The monoisotopic (exact) mass is 371 g/mol. The van der Waals surface area contributed by atoms with Crippen molar-refractivity contribution in [2.24, 2.45) is 0 Å². The maximum Gasteiger partial charge on any atom is 0.338 e. The van der Waals surface area contributed by atoms with Gasteiger partial charge < -0.3 is 4.74 Å². The second-order valence-corrected chi connectivity index (χ2v) is 7.40. The van der Waals surface area contributed by atoms with Gasteiger partial charge in [-0.15, -0.1) is 0 Å². The summed E-state index contributed by atoms with van der Waals surface area (Å²) in [5.41, 5.74) is 0.930. The molecule has 0 unspecified atom stereocenters. The fraction of sp³-hybridized carbons (Fsp3) is 0.350. The summed E-state index contributed by atoms with van der Waals surface area (Å²) in [4.78, 5) is 32.0. The molecule has 6 nitrogen and oxygen atoms in total. The number of halogens is 1. The van der Waals surface area contributed by atoms with E-state index >= 15 is 0 Å². The Bertz CT molecular complexity index is 892. The number of ether oxygens (including phenoxy) is 1. The number of urea groups is 1. The molecule has 1 aromatic heterocycles. The molecule has 2 heterocycles. The first-order valence-electron chi connectivity index (χ1n) is 8.71. The van der Waals surface area contributed by atoms with Crippen molar-refractivity contribution >= 4 is 23.5 Å². The number of amides is 2. The van der Waals surface area contributed by atoms with E-state index in [1.54, 1.807) is 58.0 Å². The smallest absolute Gasteiger partial charge is 0.338 e. The Morgan fingerprint density at radius 3 is 2.56 bits per heavy atom. The molecule has 7 heteroatoms. The van der Waals surface area contributed by atoms with Crippen LogP contribution in [0.4, 0.5) is 20.7 Å². The van der Waals surface area contributed by atoms with Crippen molar-refractivity contribution < 1.29 is 18.7 Å². The lowest BCUT2D eigenvalue weighted by Crippen LogP contribution is -2.33. The Balaban J connectivity index is 1.84. The van der Waals surface area contributed by atoms with Gasteiger partial charge in [-0.05, 0) is 58.0 Å². The Morgan fingerprint density at radius 2 is 1.85 bits per heavy atom. The summed E-state index contributed by atoms with van der Waals surface area (Å²) in [7, 11) is 0. The number of pyridine rings is 1. The number of esters is 1. The minimum Gasteiger partial charge on any atom is -0.456 e. The van der Waals surface area contributed by atoms with Crippen molar-refractivity contribution in [1.29, 1.82) is 0 Å². The molecule has 0 atom stereocenters. The largest absolute Gasteiger partial charge is 0.456 e. The fourth-order valence-corrected chi connectivity index (χ4v) is 2.83. The van der Waals surface area contributed by atoms with Gasteiger partial charge in [-0.3, -0.25) is 9.80 Å². The third kappa shape index (κ3) is 4.07. The zero-order valence-electron chi connectivity index (χ0n) is 15.8. The van der Waals surface area contributed by atoms with E-state index in [-0.39, 0.29) is 11.8 Å². The summed E-state index contributed by atoms with van der Waals surface area (Å²) in [5.74, 6) is -0.983. The van der Waals surface area contributed by atoms with E-state index < -0.39 is 17.4 Å². The van der Waals surface area contributed by atoms with Crippen LogP contribution in [0.5, 0.6) is 0 Å². The van der Waals surface area contributed by atoms with Crippen molar-refractivity contribution in [3.63, 3.8) is 0 Å². The molecule has 0 radical (unpaired) electrons. The van der Waals surface area contributed by atoms with Crippen molar-refractivity contribution in [2.75, 3.05) is 22.9 Å². The summed E-state index contributed by atoms with van der Waals surface area (Å²) in [6.45, 7) is 7.79. The standard InChI is InChI=1S/C20H22FN3O3/c1-13-8-9-16(21)17(22-13)24-11-10-23(19(24)26)15-7-5-6-14(12-15)18(25)27-20(2,3)4/h5-9,12H,10-11H2,1-4H3. The van der Waals surface area contributed by atoms with Gasteiger partial charge in [0, 0.05) is 24.5 Å². The van der Waals surface area contributed by atoms with Gasteiger partial charge in [-0.25, -0.2) is 19.0 Å². The maximum atomic E-state index is 14.1. The number of rotatable bonds is 3. The van der Waals surface area contributed by atoms with Gasteiger partial charge in [0.2, 0.25) is 0 Å². The molecule has 0 N–H and O–H groups in total. The third-order valence-electron chi connectivity index (χ3n) is 4.02. The van der Waals surface area contributed by atoms with Crippen LogP contribution in [0.2, 0.25) is 0 Å². The highest BCUT2D eigenvalue weighted by Gasteiger charge is 2.33. The minimum atomic E-state index is -0.609. The number of benzene rings is 1. The highest BCUT2D eigenvalue weighted by atomic mass is 19.1. The molecular formula is C20H22FN3O3. The topological polar surface area (TPSA) is 62.7 Å². The van der Waals surface area contributed by atoms with Crippen LogP contribution in [0.25, 0.3) is 0 Å². The first-order chi connectivity index (χ1) is 12.7. The van der Waals surface area contributed by atoms with Gasteiger partial charge in [0.1, 0.15) is 5.60 Å². The first-order valence-corrected chi connectivity index (χ1v) is 8.71. The molecule has 2 amide bonds. The van der Waals surface area contributed by atoms with Crippen LogP contribution in [0, 0.1) is 12.7 Å². The van der Waals surface area contributed by atoms with Crippen LogP contribution in [0.15, 0.2) is 36.4 Å². The van der Waals surface area contributed by atoms with Gasteiger partial charge in [-0.1, -0.05) is 6.07 Å². The van der Waals surface area contributed by atoms with Gasteiger partial charge in [0.05, 0.1) is 5.56 Å². The SMILES string of the molecule is Cc1ccc(F)c(N2CCN(c3cccc(C(=O)OC(C)(C)C)c3)C2=O)n1. The molecule has 1 aromatic carbocycles. The number of aromatic nitrogens is 1. The van der Waals surface area contributed by atoms with E-state index in [9.17, 15) is 14.0 Å². The third-order valence-corrected chi connectivity index (χ3v) is 4.02. The van der Waals surface area contributed by atoms with E-state index in [1.165, 1.54) is 15.9 Å². The second kappa shape index (κ2) is 6.98. The highest BCUT2D eigenvalue weighted by molar-refractivity contribution is 6.06. The quantitative estimate of drug-likeness (QED) is 0.767. The van der Waals surface area contributed by atoms with Crippen LogP contribution < -0.4 is 9.80 Å².